The summed E-state index contributed by atoms with van der Waals surface area (Å²) < 4.78 is 18.4. The van der Waals surface area contributed by atoms with Gasteiger partial charge >= 0.3 is 5.97 Å². The lowest BCUT2D eigenvalue weighted by molar-refractivity contribution is -0.118. The van der Waals surface area contributed by atoms with Gasteiger partial charge in [-0.1, -0.05) is 30.3 Å². The Hall–Kier alpha value is -3.02. The molecular weight excluding hydrogens is 337 g/mol. The van der Waals surface area contributed by atoms with Crippen LogP contribution in [0.3, 0.4) is 0 Å². The molecule has 2 aromatic rings. The number of carbonyl (C=O) groups excluding carboxylic acids is 3. The van der Waals surface area contributed by atoms with Gasteiger partial charge in [0.1, 0.15) is 5.82 Å². The Kier molecular flexibility index (Phi) is 6.60. The fourth-order valence-corrected chi connectivity index (χ4v) is 2.26. The number of amides is 1. The lowest BCUT2D eigenvalue weighted by Crippen LogP contribution is -2.22. The molecule has 0 unspecified atom stereocenters. The van der Waals surface area contributed by atoms with E-state index in [1.165, 1.54) is 19.1 Å². The minimum atomic E-state index is -0.746. The molecule has 0 radical (unpaired) electrons. The van der Waals surface area contributed by atoms with Gasteiger partial charge in [-0.25, -0.2) is 9.18 Å². The lowest BCUT2D eigenvalue weighted by Gasteiger charge is -2.07. The van der Waals surface area contributed by atoms with Crippen LogP contribution in [-0.4, -0.2) is 30.8 Å². The van der Waals surface area contributed by atoms with Crippen LogP contribution in [-0.2, 0) is 16.0 Å². The van der Waals surface area contributed by atoms with Crippen molar-refractivity contribution in [2.75, 3.05) is 13.2 Å². The zero-order valence-electron chi connectivity index (χ0n) is 14.7. The van der Waals surface area contributed by atoms with Crippen molar-refractivity contribution in [2.24, 2.45) is 0 Å². The quantitative estimate of drug-likeness (QED) is 0.611. The van der Waals surface area contributed by atoms with Crippen LogP contribution in [0.5, 0.6) is 0 Å². The number of ether oxygens (including phenoxy) is 1. The van der Waals surface area contributed by atoms with Crippen LogP contribution in [0.1, 0.15) is 38.8 Å². The Labute approximate surface area is 151 Å². The van der Waals surface area contributed by atoms with Crippen LogP contribution in [0.25, 0.3) is 0 Å². The largest absolute Gasteiger partial charge is 0.454 e. The molecule has 0 aliphatic rings. The Balaban J connectivity index is 1.88. The highest BCUT2D eigenvalue weighted by atomic mass is 19.1. The van der Waals surface area contributed by atoms with Crippen molar-refractivity contribution < 1.29 is 23.5 Å². The third-order valence-corrected chi connectivity index (χ3v) is 3.81. The molecule has 0 aliphatic heterocycles. The first kappa shape index (κ1) is 19.3. The molecule has 1 amide bonds. The van der Waals surface area contributed by atoms with Gasteiger partial charge in [0, 0.05) is 19.0 Å². The molecule has 136 valence electrons. The topological polar surface area (TPSA) is 72.5 Å². The molecule has 0 aromatic heterocycles. The summed E-state index contributed by atoms with van der Waals surface area (Å²) >= 11 is 0. The van der Waals surface area contributed by atoms with E-state index in [0.29, 0.717) is 24.1 Å². The number of carbonyl (C=O) groups is 3. The van der Waals surface area contributed by atoms with Crippen LogP contribution in [0, 0.1) is 12.7 Å². The summed E-state index contributed by atoms with van der Waals surface area (Å²) in [6, 6.07) is 10.9. The van der Waals surface area contributed by atoms with Crippen molar-refractivity contribution in [1.82, 2.24) is 5.32 Å². The van der Waals surface area contributed by atoms with E-state index in [9.17, 15) is 18.8 Å². The number of benzene rings is 2. The molecule has 26 heavy (non-hydrogen) atoms. The molecule has 2 aromatic carbocycles. The maximum Gasteiger partial charge on any atom is 0.338 e. The first-order valence-electron chi connectivity index (χ1n) is 8.16. The van der Waals surface area contributed by atoms with E-state index in [4.69, 9.17) is 4.74 Å². The zero-order valence-corrected chi connectivity index (χ0v) is 14.7. The van der Waals surface area contributed by atoms with Crippen LogP contribution in [0.15, 0.2) is 42.5 Å². The van der Waals surface area contributed by atoms with Crippen LogP contribution in [0.2, 0.25) is 0 Å². The highest BCUT2D eigenvalue weighted by Gasteiger charge is 2.13. The van der Waals surface area contributed by atoms with E-state index in [0.717, 1.165) is 11.6 Å². The number of halogens is 1. The summed E-state index contributed by atoms with van der Waals surface area (Å²) in [4.78, 5) is 34.8. The number of aryl methyl sites for hydroxylation is 1. The molecule has 0 heterocycles. The number of ketones is 1. The fraction of sp³-hybridized carbons (Fsp3) is 0.250. The Bertz CT molecular complexity index is 815. The van der Waals surface area contributed by atoms with Gasteiger partial charge < -0.3 is 10.1 Å². The van der Waals surface area contributed by atoms with Gasteiger partial charge in [-0.15, -0.1) is 0 Å². The third kappa shape index (κ3) is 5.51. The molecule has 0 aliphatic carbocycles. The SMILES string of the molecule is CC(=O)NCCc1ccc(C(=O)COC(=O)c2ccc(C)c(F)c2)cc1. The zero-order chi connectivity index (χ0) is 19.1. The van der Waals surface area contributed by atoms with Gasteiger partial charge in [0.25, 0.3) is 0 Å². The van der Waals surface area contributed by atoms with Crippen LogP contribution >= 0.6 is 0 Å². The van der Waals surface area contributed by atoms with Crippen molar-refractivity contribution in [2.45, 2.75) is 20.3 Å². The van der Waals surface area contributed by atoms with E-state index in [1.807, 2.05) is 0 Å². The first-order chi connectivity index (χ1) is 12.4. The molecule has 0 fully saturated rings. The summed E-state index contributed by atoms with van der Waals surface area (Å²) in [7, 11) is 0. The normalized spacial score (nSPS) is 10.3. The second-order valence-electron chi connectivity index (χ2n) is 5.89. The molecule has 0 bridgehead atoms. The monoisotopic (exact) mass is 357 g/mol. The number of esters is 1. The number of hydrogen-bond donors (Lipinski definition) is 1. The van der Waals surface area contributed by atoms with Crippen LogP contribution < -0.4 is 5.32 Å². The molecule has 0 atom stereocenters. The van der Waals surface area contributed by atoms with E-state index in [1.54, 1.807) is 31.2 Å². The van der Waals surface area contributed by atoms with Gasteiger partial charge in [-0.05, 0) is 36.6 Å². The Morgan fingerprint density at radius 1 is 1.04 bits per heavy atom. The molecule has 0 spiro atoms. The van der Waals surface area contributed by atoms with Gasteiger partial charge in [0.05, 0.1) is 5.56 Å². The van der Waals surface area contributed by atoms with Gasteiger partial charge in [0.15, 0.2) is 12.4 Å². The van der Waals surface area contributed by atoms with Crippen LogP contribution in [0.4, 0.5) is 4.39 Å². The number of hydrogen-bond acceptors (Lipinski definition) is 4. The summed E-state index contributed by atoms with van der Waals surface area (Å²) in [5, 5.41) is 2.70. The van der Waals surface area contributed by atoms with Gasteiger partial charge in [0.2, 0.25) is 5.91 Å². The first-order valence-corrected chi connectivity index (χ1v) is 8.16. The van der Waals surface area contributed by atoms with Gasteiger partial charge in [-0.2, -0.15) is 0 Å². The number of Topliss-reactive ketones (excluding diaryl/α,β-unsaturated/α-hetero) is 1. The Morgan fingerprint density at radius 3 is 2.31 bits per heavy atom. The van der Waals surface area contributed by atoms with Crippen molar-refractivity contribution >= 4 is 17.7 Å². The maximum absolute atomic E-state index is 13.5. The highest BCUT2D eigenvalue weighted by Crippen LogP contribution is 2.11. The van der Waals surface area contributed by atoms with E-state index in [2.05, 4.69) is 5.32 Å². The minimum Gasteiger partial charge on any atom is -0.454 e. The van der Waals surface area contributed by atoms with Crippen molar-refractivity contribution in [3.8, 4) is 0 Å². The molecule has 2 rings (SSSR count). The summed E-state index contributed by atoms with van der Waals surface area (Å²) in [6.45, 7) is 3.15. The Morgan fingerprint density at radius 2 is 1.69 bits per heavy atom. The standard InChI is InChI=1S/C20H20FNO4/c1-13-3-6-17(11-18(13)21)20(25)26-12-19(24)16-7-4-15(5-8-16)9-10-22-14(2)23/h3-8,11H,9-10,12H2,1-2H3,(H,22,23). The average molecular weight is 357 g/mol. The van der Waals surface area contributed by atoms with Crippen molar-refractivity contribution in [3.63, 3.8) is 0 Å². The van der Waals surface area contributed by atoms with Gasteiger partial charge in [-0.3, -0.25) is 9.59 Å². The highest BCUT2D eigenvalue weighted by molar-refractivity contribution is 5.99. The molecule has 0 saturated carbocycles. The predicted octanol–water partition coefficient (Wildman–Crippen LogP) is 2.85. The summed E-state index contributed by atoms with van der Waals surface area (Å²) in [5.41, 5.74) is 1.88. The number of nitrogens with one attached hydrogen (secondary N) is 1. The second kappa shape index (κ2) is 8.89. The smallest absolute Gasteiger partial charge is 0.338 e. The molecule has 6 heteroatoms. The second-order valence-corrected chi connectivity index (χ2v) is 5.89. The summed E-state index contributed by atoms with van der Waals surface area (Å²) in [5.74, 6) is -1.68. The minimum absolute atomic E-state index is 0.0641. The van der Waals surface area contributed by atoms with E-state index >= 15 is 0 Å². The predicted molar refractivity (Wildman–Crippen MR) is 94.6 cm³/mol. The van der Waals surface area contributed by atoms with Crippen molar-refractivity contribution in [3.05, 3.63) is 70.5 Å². The maximum atomic E-state index is 13.5. The molecular formula is C20H20FNO4. The summed E-state index contributed by atoms with van der Waals surface area (Å²) in [6.07, 6.45) is 0.655. The van der Waals surface area contributed by atoms with Crippen molar-refractivity contribution in [1.29, 1.82) is 0 Å². The molecule has 1 N–H and O–H groups in total. The average Bonchev–Trinajstić information content (AvgIpc) is 2.62. The molecule has 0 saturated heterocycles. The molecule has 5 nitrogen and oxygen atoms in total. The lowest BCUT2D eigenvalue weighted by atomic mass is 10.1. The number of rotatable bonds is 7. The third-order valence-electron chi connectivity index (χ3n) is 3.81. The van der Waals surface area contributed by atoms with E-state index < -0.39 is 18.4 Å². The fourth-order valence-electron chi connectivity index (χ4n) is 2.26. The van der Waals surface area contributed by atoms with E-state index in [-0.39, 0.29) is 17.3 Å².